The van der Waals surface area contributed by atoms with Crippen molar-refractivity contribution in [1.29, 1.82) is 0 Å². The highest BCUT2D eigenvalue weighted by molar-refractivity contribution is 6.10. The van der Waals surface area contributed by atoms with E-state index in [4.69, 9.17) is 0 Å². The standard InChI is InChI=1S/C18H17NO2/c1-3-19-16-9-8-14(10-15(16)11-17(19)20)18(21)13-6-4-12(2)5-7-13/h4-10H,3,11H2,1-2H3. The molecule has 2 aromatic rings. The molecule has 0 aliphatic carbocycles. The van der Waals surface area contributed by atoms with E-state index in [1.807, 2.05) is 56.3 Å². The minimum atomic E-state index is 0.000183. The van der Waals surface area contributed by atoms with Crippen LogP contribution in [0.2, 0.25) is 0 Å². The Hall–Kier alpha value is -2.42. The van der Waals surface area contributed by atoms with E-state index in [2.05, 4.69) is 0 Å². The first-order chi connectivity index (χ1) is 10.1. The van der Waals surface area contributed by atoms with Crippen molar-refractivity contribution in [1.82, 2.24) is 0 Å². The lowest BCUT2D eigenvalue weighted by atomic mass is 9.99. The highest BCUT2D eigenvalue weighted by Crippen LogP contribution is 2.30. The predicted octanol–water partition coefficient (Wildman–Crippen LogP) is 3.14. The molecule has 21 heavy (non-hydrogen) atoms. The van der Waals surface area contributed by atoms with Crippen molar-refractivity contribution in [2.45, 2.75) is 20.3 Å². The lowest BCUT2D eigenvalue weighted by Gasteiger charge is -2.14. The Morgan fingerprint density at radius 3 is 2.43 bits per heavy atom. The van der Waals surface area contributed by atoms with Gasteiger partial charge in [-0.2, -0.15) is 0 Å². The van der Waals surface area contributed by atoms with Crippen LogP contribution < -0.4 is 4.90 Å². The van der Waals surface area contributed by atoms with E-state index in [9.17, 15) is 9.59 Å². The number of amides is 1. The van der Waals surface area contributed by atoms with Gasteiger partial charge in [-0.1, -0.05) is 29.8 Å². The predicted molar refractivity (Wildman–Crippen MR) is 82.8 cm³/mol. The molecule has 1 aliphatic heterocycles. The fourth-order valence-electron chi connectivity index (χ4n) is 2.74. The average Bonchev–Trinajstić information content (AvgIpc) is 2.81. The van der Waals surface area contributed by atoms with Crippen molar-refractivity contribution >= 4 is 17.4 Å². The first-order valence-electron chi connectivity index (χ1n) is 7.15. The summed E-state index contributed by atoms with van der Waals surface area (Å²) in [4.78, 5) is 26.1. The summed E-state index contributed by atoms with van der Waals surface area (Å²) in [6.07, 6.45) is 0.387. The molecule has 1 heterocycles. The minimum absolute atomic E-state index is 0.000183. The Balaban J connectivity index is 1.95. The van der Waals surface area contributed by atoms with Crippen molar-refractivity contribution in [3.05, 3.63) is 64.7 Å². The number of aryl methyl sites for hydroxylation is 1. The van der Waals surface area contributed by atoms with Crippen LogP contribution in [-0.2, 0) is 11.2 Å². The van der Waals surface area contributed by atoms with Crippen LogP contribution in [0.25, 0.3) is 0 Å². The summed E-state index contributed by atoms with van der Waals surface area (Å²) in [6.45, 7) is 4.62. The third-order valence-electron chi connectivity index (χ3n) is 3.91. The van der Waals surface area contributed by atoms with Crippen LogP contribution in [0.1, 0.15) is 34.0 Å². The van der Waals surface area contributed by atoms with Gasteiger partial charge in [0, 0.05) is 23.4 Å². The van der Waals surface area contributed by atoms with Gasteiger partial charge in [0.1, 0.15) is 0 Å². The molecule has 0 unspecified atom stereocenters. The second-order valence-corrected chi connectivity index (χ2v) is 5.35. The lowest BCUT2D eigenvalue weighted by molar-refractivity contribution is -0.117. The first-order valence-corrected chi connectivity index (χ1v) is 7.15. The molecule has 3 heteroatoms. The molecule has 0 spiro atoms. The lowest BCUT2D eigenvalue weighted by Crippen LogP contribution is -2.25. The molecule has 1 amide bonds. The molecule has 106 valence electrons. The van der Waals surface area contributed by atoms with Gasteiger partial charge in [0.2, 0.25) is 5.91 Å². The fraction of sp³-hybridized carbons (Fsp3) is 0.222. The Labute approximate surface area is 124 Å². The topological polar surface area (TPSA) is 37.4 Å². The number of ketones is 1. The Kier molecular flexibility index (Phi) is 3.34. The molecule has 0 radical (unpaired) electrons. The zero-order valence-electron chi connectivity index (χ0n) is 12.2. The van der Waals surface area contributed by atoms with Gasteiger partial charge in [0.15, 0.2) is 5.78 Å². The number of benzene rings is 2. The number of likely N-dealkylation sites (N-methyl/N-ethyl adjacent to an activating group) is 1. The maximum absolute atomic E-state index is 12.5. The fourth-order valence-corrected chi connectivity index (χ4v) is 2.74. The van der Waals surface area contributed by atoms with Crippen LogP contribution >= 0.6 is 0 Å². The van der Waals surface area contributed by atoms with E-state index in [1.165, 1.54) is 0 Å². The van der Waals surface area contributed by atoms with Crippen LogP contribution in [0, 0.1) is 6.92 Å². The molecule has 0 saturated heterocycles. The smallest absolute Gasteiger partial charge is 0.231 e. The quantitative estimate of drug-likeness (QED) is 0.809. The SMILES string of the molecule is CCN1C(=O)Cc2cc(C(=O)c3ccc(C)cc3)ccc21. The molecule has 0 bridgehead atoms. The third kappa shape index (κ3) is 2.35. The van der Waals surface area contributed by atoms with E-state index < -0.39 is 0 Å². The van der Waals surface area contributed by atoms with Gasteiger partial charge in [0.05, 0.1) is 6.42 Å². The molecule has 0 N–H and O–H groups in total. The number of rotatable bonds is 3. The molecule has 3 rings (SSSR count). The molecule has 3 nitrogen and oxygen atoms in total. The summed E-state index contributed by atoms with van der Waals surface area (Å²) >= 11 is 0. The Bertz CT molecular complexity index is 716. The second-order valence-electron chi connectivity index (χ2n) is 5.35. The van der Waals surface area contributed by atoms with Crippen molar-refractivity contribution < 1.29 is 9.59 Å². The van der Waals surface area contributed by atoms with Gasteiger partial charge in [0.25, 0.3) is 0 Å². The number of anilines is 1. The van der Waals surface area contributed by atoms with Crippen LogP contribution in [0.3, 0.4) is 0 Å². The van der Waals surface area contributed by atoms with Crippen molar-refractivity contribution in [2.24, 2.45) is 0 Å². The molecule has 2 aromatic carbocycles. The van der Waals surface area contributed by atoms with Crippen LogP contribution in [0.15, 0.2) is 42.5 Å². The monoisotopic (exact) mass is 279 g/mol. The Morgan fingerprint density at radius 2 is 1.76 bits per heavy atom. The maximum Gasteiger partial charge on any atom is 0.231 e. The molecule has 0 fully saturated rings. The van der Waals surface area contributed by atoms with Gasteiger partial charge in [-0.25, -0.2) is 0 Å². The zero-order valence-corrected chi connectivity index (χ0v) is 12.2. The van der Waals surface area contributed by atoms with E-state index in [-0.39, 0.29) is 11.7 Å². The van der Waals surface area contributed by atoms with Crippen LogP contribution in [0.5, 0.6) is 0 Å². The molecule has 0 saturated carbocycles. The zero-order chi connectivity index (χ0) is 15.0. The molecular weight excluding hydrogens is 262 g/mol. The first kappa shape index (κ1) is 13.6. The summed E-state index contributed by atoms with van der Waals surface area (Å²) in [5.41, 5.74) is 4.33. The van der Waals surface area contributed by atoms with E-state index >= 15 is 0 Å². The number of hydrogen-bond donors (Lipinski definition) is 0. The Morgan fingerprint density at radius 1 is 1.10 bits per heavy atom. The van der Waals surface area contributed by atoms with Crippen molar-refractivity contribution in [3.63, 3.8) is 0 Å². The summed E-state index contributed by atoms with van der Waals surface area (Å²) in [5, 5.41) is 0. The molecule has 0 atom stereocenters. The number of hydrogen-bond acceptors (Lipinski definition) is 2. The molecular formula is C18H17NO2. The van der Waals surface area contributed by atoms with Crippen LogP contribution in [-0.4, -0.2) is 18.2 Å². The van der Waals surface area contributed by atoms with E-state index in [0.717, 1.165) is 16.8 Å². The second kappa shape index (κ2) is 5.17. The van der Waals surface area contributed by atoms with Gasteiger partial charge < -0.3 is 4.90 Å². The molecule has 0 aromatic heterocycles. The summed E-state index contributed by atoms with van der Waals surface area (Å²) in [5.74, 6) is 0.104. The highest BCUT2D eigenvalue weighted by Gasteiger charge is 2.26. The van der Waals surface area contributed by atoms with Gasteiger partial charge >= 0.3 is 0 Å². The average molecular weight is 279 g/mol. The third-order valence-corrected chi connectivity index (χ3v) is 3.91. The summed E-state index contributed by atoms with van der Waals surface area (Å²) < 4.78 is 0. The van der Waals surface area contributed by atoms with E-state index in [0.29, 0.717) is 24.1 Å². The number of carbonyl (C=O) groups excluding carboxylic acids is 2. The van der Waals surface area contributed by atoms with E-state index in [1.54, 1.807) is 4.90 Å². The number of carbonyl (C=O) groups is 2. The normalized spacial score (nSPS) is 13.4. The highest BCUT2D eigenvalue weighted by atomic mass is 16.2. The largest absolute Gasteiger partial charge is 0.312 e. The van der Waals surface area contributed by atoms with Crippen molar-refractivity contribution in [2.75, 3.05) is 11.4 Å². The van der Waals surface area contributed by atoms with Gasteiger partial charge in [-0.3, -0.25) is 9.59 Å². The minimum Gasteiger partial charge on any atom is -0.312 e. The van der Waals surface area contributed by atoms with Crippen molar-refractivity contribution in [3.8, 4) is 0 Å². The molecule has 1 aliphatic rings. The maximum atomic E-state index is 12.5. The van der Waals surface area contributed by atoms with Gasteiger partial charge in [-0.15, -0.1) is 0 Å². The summed E-state index contributed by atoms with van der Waals surface area (Å²) in [7, 11) is 0. The number of fused-ring (bicyclic) bond motifs is 1. The summed E-state index contributed by atoms with van der Waals surface area (Å²) in [6, 6.07) is 13.1. The number of nitrogens with zero attached hydrogens (tertiary/aromatic N) is 1. The van der Waals surface area contributed by atoms with Gasteiger partial charge in [-0.05, 0) is 37.6 Å². The van der Waals surface area contributed by atoms with Crippen LogP contribution in [0.4, 0.5) is 5.69 Å².